The Labute approximate surface area is 129 Å². The number of methoxy groups -OCH3 is 1. The van der Waals surface area contributed by atoms with Crippen molar-refractivity contribution in [2.45, 2.75) is 31.8 Å². The first-order chi connectivity index (χ1) is 10.5. The second-order valence-corrected chi connectivity index (χ2v) is 5.92. The van der Waals surface area contributed by atoms with E-state index in [-0.39, 0.29) is 12.0 Å². The standard InChI is InChI=1S/C16H22F2N2O2/c1-22-16(21)5-3-11-6-13(19)10-20(8-11)9-12-2-4-14(17)15(18)7-12/h2,4,7,11,13H,3,5-6,8-10,19H2,1H3. The highest BCUT2D eigenvalue weighted by Gasteiger charge is 2.25. The van der Waals surface area contributed by atoms with E-state index < -0.39 is 11.6 Å². The quantitative estimate of drug-likeness (QED) is 0.846. The number of ether oxygens (including phenoxy) is 1. The molecule has 1 heterocycles. The third kappa shape index (κ3) is 4.74. The van der Waals surface area contributed by atoms with E-state index in [0.717, 1.165) is 31.0 Å². The van der Waals surface area contributed by atoms with Crippen LogP contribution in [0.2, 0.25) is 0 Å². The fourth-order valence-electron chi connectivity index (χ4n) is 3.01. The van der Waals surface area contributed by atoms with E-state index in [0.29, 0.717) is 25.4 Å². The first kappa shape index (κ1) is 16.8. The highest BCUT2D eigenvalue weighted by atomic mass is 19.2. The molecule has 1 fully saturated rings. The van der Waals surface area contributed by atoms with Crippen LogP contribution in [0.4, 0.5) is 8.78 Å². The van der Waals surface area contributed by atoms with E-state index in [4.69, 9.17) is 5.73 Å². The van der Waals surface area contributed by atoms with Crippen LogP contribution >= 0.6 is 0 Å². The van der Waals surface area contributed by atoms with E-state index in [1.165, 1.54) is 13.2 Å². The van der Waals surface area contributed by atoms with Crippen molar-refractivity contribution in [1.29, 1.82) is 0 Å². The monoisotopic (exact) mass is 312 g/mol. The molecule has 1 aromatic rings. The summed E-state index contributed by atoms with van der Waals surface area (Å²) in [6.45, 7) is 2.04. The maximum Gasteiger partial charge on any atom is 0.305 e. The SMILES string of the molecule is COC(=O)CCC1CC(N)CN(Cc2ccc(F)c(F)c2)C1. The van der Waals surface area contributed by atoms with Crippen LogP contribution in [-0.4, -0.2) is 37.1 Å². The van der Waals surface area contributed by atoms with Gasteiger partial charge >= 0.3 is 5.97 Å². The Morgan fingerprint density at radius 2 is 2.14 bits per heavy atom. The van der Waals surface area contributed by atoms with Gasteiger partial charge in [0.25, 0.3) is 0 Å². The van der Waals surface area contributed by atoms with Crippen molar-refractivity contribution in [2.24, 2.45) is 11.7 Å². The smallest absolute Gasteiger partial charge is 0.305 e. The molecule has 2 unspecified atom stereocenters. The fraction of sp³-hybridized carbons (Fsp3) is 0.562. The number of benzene rings is 1. The summed E-state index contributed by atoms with van der Waals surface area (Å²) >= 11 is 0. The maximum absolute atomic E-state index is 13.3. The molecule has 0 bridgehead atoms. The summed E-state index contributed by atoms with van der Waals surface area (Å²) in [6, 6.07) is 3.98. The Hall–Kier alpha value is -1.53. The molecule has 0 saturated carbocycles. The lowest BCUT2D eigenvalue weighted by molar-refractivity contribution is -0.141. The third-order valence-electron chi connectivity index (χ3n) is 4.02. The Morgan fingerprint density at radius 1 is 1.36 bits per heavy atom. The second-order valence-electron chi connectivity index (χ2n) is 5.92. The summed E-state index contributed by atoms with van der Waals surface area (Å²) in [5.41, 5.74) is 6.79. The van der Waals surface area contributed by atoms with Gasteiger partial charge in [-0.25, -0.2) is 8.78 Å². The molecule has 0 spiro atoms. The van der Waals surface area contributed by atoms with Crippen molar-refractivity contribution in [3.8, 4) is 0 Å². The molecule has 6 heteroatoms. The summed E-state index contributed by atoms with van der Waals surface area (Å²) in [5.74, 6) is -1.57. The molecule has 1 aromatic carbocycles. The van der Waals surface area contributed by atoms with Gasteiger partial charge in [-0.2, -0.15) is 0 Å². The zero-order valence-corrected chi connectivity index (χ0v) is 12.7. The molecule has 4 nitrogen and oxygen atoms in total. The summed E-state index contributed by atoms with van der Waals surface area (Å²) in [7, 11) is 1.38. The number of likely N-dealkylation sites (tertiary alicyclic amines) is 1. The third-order valence-corrected chi connectivity index (χ3v) is 4.02. The van der Waals surface area contributed by atoms with E-state index >= 15 is 0 Å². The van der Waals surface area contributed by atoms with Gasteiger partial charge in [0.05, 0.1) is 7.11 Å². The number of esters is 1. The first-order valence-electron chi connectivity index (χ1n) is 7.46. The zero-order valence-electron chi connectivity index (χ0n) is 12.7. The van der Waals surface area contributed by atoms with Gasteiger partial charge in [0, 0.05) is 32.1 Å². The van der Waals surface area contributed by atoms with E-state index in [1.807, 2.05) is 0 Å². The van der Waals surface area contributed by atoms with Gasteiger partial charge in [-0.05, 0) is 36.5 Å². The van der Waals surface area contributed by atoms with E-state index in [1.54, 1.807) is 6.07 Å². The van der Waals surface area contributed by atoms with Crippen LogP contribution in [0.1, 0.15) is 24.8 Å². The predicted molar refractivity (Wildman–Crippen MR) is 79.0 cm³/mol. The molecule has 0 radical (unpaired) electrons. The van der Waals surface area contributed by atoms with Crippen molar-refractivity contribution >= 4 is 5.97 Å². The second kappa shape index (κ2) is 7.65. The number of hydrogen-bond acceptors (Lipinski definition) is 4. The van der Waals surface area contributed by atoms with Crippen molar-refractivity contribution in [1.82, 2.24) is 4.90 Å². The van der Waals surface area contributed by atoms with Crippen molar-refractivity contribution in [3.05, 3.63) is 35.4 Å². The van der Waals surface area contributed by atoms with Crippen LogP contribution in [0.5, 0.6) is 0 Å². The number of hydrogen-bond donors (Lipinski definition) is 1. The van der Waals surface area contributed by atoms with E-state index in [2.05, 4.69) is 9.64 Å². The molecule has 0 aromatic heterocycles. The normalized spacial score (nSPS) is 22.5. The van der Waals surface area contributed by atoms with Crippen LogP contribution in [0, 0.1) is 17.6 Å². The number of piperidine rings is 1. The van der Waals surface area contributed by atoms with Crippen LogP contribution in [-0.2, 0) is 16.1 Å². The Balaban J connectivity index is 1.92. The Bertz CT molecular complexity index is 525. The maximum atomic E-state index is 13.3. The van der Waals surface area contributed by atoms with Gasteiger partial charge in [0.15, 0.2) is 11.6 Å². The average Bonchev–Trinajstić information content (AvgIpc) is 2.48. The van der Waals surface area contributed by atoms with Crippen molar-refractivity contribution in [2.75, 3.05) is 20.2 Å². The van der Waals surface area contributed by atoms with Gasteiger partial charge in [-0.1, -0.05) is 6.07 Å². The minimum absolute atomic E-state index is 0.0293. The lowest BCUT2D eigenvalue weighted by atomic mass is 9.90. The topological polar surface area (TPSA) is 55.6 Å². The number of halogens is 2. The predicted octanol–water partition coefficient (Wildman–Crippen LogP) is 2.07. The highest BCUT2D eigenvalue weighted by Crippen LogP contribution is 2.22. The van der Waals surface area contributed by atoms with Gasteiger partial charge in [0.2, 0.25) is 0 Å². The lowest BCUT2D eigenvalue weighted by Crippen LogP contribution is -2.46. The van der Waals surface area contributed by atoms with Gasteiger partial charge in [0.1, 0.15) is 0 Å². The Morgan fingerprint density at radius 3 is 2.82 bits per heavy atom. The highest BCUT2D eigenvalue weighted by molar-refractivity contribution is 5.69. The van der Waals surface area contributed by atoms with E-state index in [9.17, 15) is 13.6 Å². The molecule has 1 saturated heterocycles. The molecule has 122 valence electrons. The molecule has 0 amide bonds. The Kier molecular flexibility index (Phi) is 5.85. The molecular weight excluding hydrogens is 290 g/mol. The molecule has 1 aliphatic rings. The molecule has 1 aliphatic heterocycles. The van der Waals surface area contributed by atoms with Gasteiger partial charge < -0.3 is 10.5 Å². The zero-order chi connectivity index (χ0) is 16.1. The lowest BCUT2D eigenvalue weighted by Gasteiger charge is -2.36. The van der Waals surface area contributed by atoms with Crippen molar-refractivity contribution < 1.29 is 18.3 Å². The average molecular weight is 312 g/mol. The van der Waals surface area contributed by atoms with Crippen LogP contribution < -0.4 is 5.73 Å². The molecule has 22 heavy (non-hydrogen) atoms. The first-order valence-corrected chi connectivity index (χ1v) is 7.46. The molecule has 0 aliphatic carbocycles. The summed E-state index contributed by atoms with van der Waals surface area (Å²) in [4.78, 5) is 13.4. The minimum Gasteiger partial charge on any atom is -0.469 e. The van der Waals surface area contributed by atoms with Crippen LogP contribution in [0.25, 0.3) is 0 Å². The number of rotatable bonds is 5. The summed E-state index contributed by atoms with van der Waals surface area (Å²) < 4.78 is 30.9. The van der Waals surface area contributed by atoms with Crippen LogP contribution in [0.3, 0.4) is 0 Å². The van der Waals surface area contributed by atoms with Gasteiger partial charge in [-0.3, -0.25) is 9.69 Å². The molecule has 2 rings (SSSR count). The van der Waals surface area contributed by atoms with Crippen molar-refractivity contribution in [3.63, 3.8) is 0 Å². The molecular formula is C16H22F2N2O2. The summed E-state index contributed by atoms with van der Waals surface area (Å²) in [6.07, 6.45) is 1.98. The van der Waals surface area contributed by atoms with Crippen LogP contribution in [0.15, 0.2) is 18.2 Å². The van der Waals surface area contributed by atoms with Gasteiger partial charge in [-0.15, -0.1) is 0 Å². The number of carbonyl (C=O) groups excluding carboxylic acids is 1. The number of nitrogens with zero attached hydrogens (tertiary/aromatic N) is 1. The fourth-order valence-corrected chi connectivity index (χ4v) is 3.01. The molecule has 2 N–H and O–H groups in total. The molecule has 2 atom stereocenters. The largest absolute Gasteiger partial charge is 0.469 e. The summed E-state index contributed by atoms with van der Waals surface area (Å²) in [5, 5.41) is 0. The number of carbonyl (C=O) groups is 1. The minimum atomic E-state index is -0.838. The number of nitrogens with two attached hydrogens (primary N) is 1.